The highest BCUT2D eigenvalue weighted by Gasteiger charge is 2.34. The smallest absolute Gasteiger partial charge is 0.308 e. The van der Waals surface area contributed by atoms with Gasteiger partial charge in [0, 0.05) is 12.1 Å². The molecule has 0 saturated carbocycles. The van der Waals surface area contributed by atoms with Crippen LogP contribution in [0.2, 0.25) is 0 Å². The molecule has 0 atom stereocenters. The van der Waals surface area contributed by atoms with Crippen molar-refractivity contribution in [1.82, 2.24) is 0 Å². The van der Waals surface area contributed by atoms with E-state index in [1.807, 2.05) is 0 Å². The minimum absolute atomic E-state index is 0.0594. The second-order valence-electron chi connectivity index (χ2n) is 3.48. The van der Waals surface area contributed by atoms with E-state index in [4.69, 9.17) is 9.05 Å². The topological polar surface area (TPSA) is 35.5 Å². The lowest BCUT2D eigenvalue weighted by atomic mass is 9.90. The second kappa shape index (κ2) is 2.89. The van der Waals surface area contributed by atoms with Gasteiger partial charge < -0.3 is 9.05 Å². The fourth-order valence-corrected chi connectivity index (χ4v) is 2.00. The van der Waals surface area contributed by atoms with Crippen molar-refractivity contribution in [1.29, 1.82) is 0 Å². The Hall–Kier alpha value is 0.150. The summed E-state index contributed by atoms with van der Waals surface area (Å²) in [5, 5.41) is 0. The number of rotatable bonds is 1. The van der Waals surface area contributed by atoms with Crippen LogP contribution in [-0.4, -0.2) is 19.9 Å². The summed E-state index contributed by atoms with van der Waals surface area (Å²) in [5.74, 6) is 0. The lowest BCUT2D eigenvalue weighted by Gasteiger charge is -2.34. The zero-order valence-electron chi connectivity index (χ0n) is 7.29. The maximum atomic E-state index is 11.2. The van der Waals surface area contributed by atoms with E-state index in [1.165, 1.54) is 6.66 Å². The van der Waals surface area contributed by atoms with E-state index >= 15 is 0 Å². The Morgan fingerprint density at radius 2 is 1.91 bits per heavy atom. The molecule has 1 aliphatic heterocycles. The molecule has 0 N–H and O–H groups in total. The molecule has 66 valence electrons. The summed E-state index contributed by atoms with van der Waals surface area (Å²) >= 11 is 0. The molecular formula is C7H15O3P. The van der Waals surface area contributed by atoms with Gasteiger partial charge in [-0.05, 0) is 6.42 Å². The van der Waals surface area contributed by atoms with E-state index in [0.29, 0.717) is 13.2 Å². The number of hydrogen-bond acceptors (Lipinski definition) is 3. The van der Waals surface area contributed by atoms with Gasteiger partial charge in [0.2, 0.25) is 0 Å². The summed E-state index contributed by atoms with van der Waals surface area (Å²) in [5.41, 5.74) is 0.0594. The molecule has 11 heavy (non-hydrogen) atoms. The quantitative estimate of drug-likeness (QED) is 0.578. The highest BCUT2D eigenvalue weighted by molar-refractivity contribution is 7.53. The third-order valence-electron chi connectivity index (χ3n) is 2.15. The van der Waals surface area contributed by atoms with Gasteiger partial charge in [-0.3, -0.25) is 4.57 Å². The molecule has 1 heterocycles. The van der Waals surface area contributed by atoms with Crippen molar-refractivity contribution in [2.75, 3.05) is 19.9 Å². The Morgan fingerprint density at radius 3 is 2.27 bits per heavy atom. The van der Waals surface area contributed by atoms with E-state index < -0.39 is 7.60 Å². The standard InChI is InChI=1S/C7H15O3P/c1-4-7(2)5-9-11(3,8)10-6-7/h4-6H2,1-3H3. The molecule has 0 radical (unpaired) electrons. The molecule has 0 unspecified atom stereocenters. The Balaban J connectivity index is 2.54. The predicted molar refractivity (Wildman–Crippen MR) is 43.8 cm³/mol. The lowest BCUT2D eigenvalue weighted by Crippen LogP contribution is -2.31. The molecular weight excluding hydrogens is 163 g/mol. The van der Waals surface area contributed by atoms with Crippen LogP contribution in [0, 0.1) is 5.41 Å². The molecule has 1 saturated heterocycles. The summed E-state index contributed by atoms with van der Waals surface area (Å²) in [7, 11) is -2.68. The molecule has 0 amide bonds. The Labute approximate surface area is 67.6 Å². The number of hydrogen-bond donors (Lipinski definition) is 0. The summed E-state index contributed by atoms with van der Waals surface area (Å²) in [6, 6.07) is 0. The maximum absolute atomic E-state index is 11.2. The van der Waals surface area contributed by atoms with E-state index in [2.05, 4.69) is 13.8 Å². The fourth-order valence-electron chi connectivity index (χ4n) is 0.829. The molecule has 3 nitrogen and oxygen atoms in total. The molecule has 0 aliphatic carbocycles. The summed E-state index contributed by atoms with van der Waals surface area (Å²) < 4.78 is 21.4. The first-order valence-electron chi connectivity index (χ1n) is 3.84. The van der Waals surface area contributed by atoms with Crippen LogP contribution >= 0.6 is 7.60 Å². The first kappa shape index (κ1) is 9.24. The van der Waals surface area contributed by atoms with Gasteiger partial charge in [0.1, 0.15) is 0 Å². The lowest BCUT2D eigenvalue weighted by molar-refractivity contribution is 0.0291. The monoisotopic (exact) mass is 178 g/mol. The molecule has 1 rings (SSSR count). The highest BCUT2D eigenvalue weighted by Crippen LogP contribution is 2.50. The molecule has 4 heteroatoms. The largest absolute Gasteiger partial charge is 0.327 e. The van der Waals surface area contributed by atoms with Crippen LogP contribution in [-0.2, 0) is 13.6 Å². The van der Waals surface area contributed by atoms with Crippen LogP contribution < -0.4 is 0 Å². The van der Waals surface area contributed by atoms with E-state index in [9.17, 15) is 4.57 Å². The van der Waals surface area contributed by atoms with Crippen LogP contribution in [0.4, 0.5) is 0 Å². The van der Waals surface area contributed by atoms with Crippen molar-refractivity contribution in [3.63, 3.8) is 0 Å². The minimum Gasteiger partial charge on any atom is -0.308 e. The second-order valence-corrected chi connectivity index (χ2v) is 5.54. The van der Waals surface area contributed by atoms with Crippen molar-refractivity contribution in [3.8, 4) is 0 Å². The molecule has 0 aromatic heterocycles. The molecule has 1 aliphatic rings. The highest BCUT2D eigenvalue weighted by atomic mass is 31.2. The van der Waals surface area contributed by atoms with Crippen LogP contribution in [0.5, 0.6) is 0 Å². The maximum Gasteiger partial charge on any atom is 0.327 e. The van der Waals surface area contributed by atoms with Crippen molar-refractivity contribution >= 4 is 7.60 Å². The first-order valence-corrected chi connectivity index (χ1v) is 5.83. The van der Waals surface area contributed by atoms with Gasteiger partial charge in [-0.15, -0.1) is 0 Å². The van der Waals surface area contributed by atoms with Gasteiger partial charge in [0.15, 0.2) is 0 Å². The normalized spacial score (nSPS) is 45.7. The average molecular weight is 178 g/mol. The zero-order valence-corrected chi connectivity index (χ0v) is 8.19. The molecule has 0 aromatic carbocycles. The van der Waals surface area contributed by atoms with Crippen molar-refractivity contribution in [2.45, 2.75) is 20.3 Å². The third-order valence-corrected chi connectivity index (χ3v) is 3.34. The van der Waals surface area contributed by atoms with Gasteiger partial charge in [0.25, 0.3) is 0 Å². The predicted octanol–water partition coefficient (Wildman–Crippen LogP) is 2.27. The molecule has 0 aromatic rings. The summed E-state index contributed by atoms with van der Waals surface area (Å²) in [6.07, 6.45) is 0.993. The van der Waals surface area contributed by atoms with Gasteiger partial charge >= 0.3 is 7.60 Å². The zero-order chi connectivity index (χ0) is 8.54. The minimum atomic E-state index is -2.68. The SMILES string of the molecule is CCC1(C)COP(C)(=O)OC1. The Kier molecular flexibility index (Phi) is 2.43. The van der Waals surface area contributed by atoms with Crippen LogP contribution in [0.1, 0.15) is 20.3 Å². The van der Waals surface area contributed by atoms with E-state index in [-0.39, 0.29) is 5.41 Å². The summed E-state index contributed by atoms with van der Waals surface area (Å²) in [6.45, 7) is 6.78. The van der Waals surface area contributed by atoms with Gasteiger partial charge in [-0.25, -0.2) is 0 Å². The van der Waals surface area contributed by atoms with Crippen molar-refractivity contribution < 1.29 is 13.6 Å². The van der Waals surface area contributed by atoms with Crippen molar-refractivity contribution in [3.05, 3.63) is 0 Å². The Morgan fingerprint density at radius 1 is 1.45 bits per heavy atom. The molecule has 0 bridgehead atoms. The Bertz CT molecular complexity index is 178. The molecule has 0 spiro atoms. The van der Waals surface area contributed by atoms with Crippen molar-refractivity contribution in [2.24, 2.45) is 5.41 Å². The van der Waals surface area contributed by atoms with Crippen LogP contribution in [0.15, 0.2) is 0 Å². The third kappa shape index (κ3) is 2.29. The van der Waals surface area contributed by atoms with Crippen LogP contribution in [0.3, 0.4) is 0 Å². The van der Waals surface area contributed by atoms with Gasteiger partial charge in [0.05, 0.1) is 13.2 Å². The van der Waals surface area contributed by atoms with Crippen LogP contribution in [0.25, 0.3) is 0 Å². The van der Waals surface area contributed by atoms with Gasteiger partial charge in [-0.2, -0.15) is 0 Å². The van der Waals surface area contributed by atoms with E-state index in [0.717, 1.165) is 6.42 Å². The summed E-state index contributed by atoms with van der Waals surface area (Å²) in [4.78, 5) is 0. The average Bonchev–Trinajstić information content (AvgIpc) is 1.97. The first-order chi connectivity index (χ1) is 4.97. The molecule has 1 fully saturated rings. The van der Waals surface area contributed by atoms with Gasteiger partial charge in [-0.1, -0.05) is 13.8 Å². The van der Waals surface area contributed by atoms with E-state index in [1.54, 1.807) is 0 Å². The fraction of sp³-hybridized carbons (Fsp3) is 1.00.